The first-order valence-electron chi connectivity index (χ1n) is 10.0. The zero-order valence-corrected chi connectivity index (χ0v) is 20.2. The predicted molar refractivity (Wildman–Crippen MR) is 132 cm³/mol. The zero-order chi connectivity index (χ0) is 24.2. The fourth-order valence-electron chi connectivity index (χ4n) is 3.42. The van der Waals surface area contributed by atoms with Crippen LogP contribution >= 0.6 is 27.5 Å². The van der Waals surface area contributed by atoms with Crippen LogP contribution in [-0.2, 0) is 11.4 Å². The van der Waals surface area contributed by atoms with Gasteiger partial charge in [0.05, 0.1) is 28.9 Å². The number of ether oxygens (including phenoxy) is 2. The van der Waals surface area contributed by atoms with Gasteiger partial charge < -0.3 is 14.8 Å². The van der Waals surface area contributed by atoms with E-state index in [1.54, 1.807) is 48.5 Å². The van der Waals surface area contributed by atoms with Gasteiger partial charge in [0.1, 0.15) is 12.3 Å². The number of carbonyl (C=O) groups excluding carboxylic acids is 2. The highest BCUT2D eigenvalue weighted by Gasteiger charge is 2.35. The number of nitrogens with one attached hydrogen (secondary N) is 1. The molecule has 1 fully saturated rings. The molecule has 1 heterocycles. The van der Waals surface area contributed by atoms with Crippen LogP contribution in [0, 0.1) is 11.3 Å². The number of nitrogens with zero attached hydrogens (tertiary/aromatic N) is 2. The molecule has 0 atom stereocenters. The minimum absolute atomic E-state index is 0.107. The van der Waals surface area contributed by atoms with Crippen LogP contribution in [0.3, 0.4) is 0 Å². The summed E-state index contributed by atoms with van der Waals surface area (Å²) in [5, 5.41) is 12.3. The molecule has 1 saturated heterocycles. The number of anilines is 1. The van der Waals surface area contributed by atoms with E-state index in [9.17, 15) is 14.9 Å². The molecule has 0 unspecified atom stereocenters. The molecule has 0 aromatic heterocycles. The first kappa shape index (κ1) is 23.4. The zero-order valence-electron chi connectivity index (χ0n) is 17.8. The van der Waals surface area contributed by atoms with Gasteiger partial charge in [0.15, 0.2) is 11.5 Å². The van der Waals surface area contributed by atoms with E-state index < -0.39 is 11.9 Å². The molecule has 3 aromatic rings. The summed E-state index contributed by atoms with van der Waals surface area (Å²) in [6.45, 7) is 0.169. The number of benzene rings is 3. The standard InChI is InChI=1S/C25H17BrClN3O4/c1-33-22-11-15(9-20(26)23(22)34-14-17-6-3-2-5-16(17)13-28)10-21-24(31)30(25(32)29-21)19-8-4-7-18(27)12-19/h2-12H,14H2,1H3,(H,29,32)/b21-10+. The van der Waals surface area contributed by atoms with Crippen molar-refractivity contribution >= 4 is 51.2 Å². The summed E-state index contributed by atoms with van der Waals surface area (Å²) in [5.41, 5.74) is 2.35. The number of rotatable bonds is 6. The van der Waals surface area contributed by atoms with Crippen molar-refractivity contribution in [1.29, 1.82) is 5.26 Å². The first-order valence-corrected chi connectivity index (χ1v) is 11.2. The van der Waals surface area contributed by atoms with Gasteiger partial charge in [-0.1, -0.05) is 35.9 Å². The Morgan fingerprint density at radius 2 is 1.94 bits per heavy atom. The van der Waals surface area contributed by atoms with Crippen LogP contribution in [0.5, 0.6) is 11.5 Å². The summed E-state index contributed by atoms with van der Waals surface area (Å²) in [5.74, 6) is 0.356. The van der Waals surface area contributed by atoms with Crippen molar-refractivity contribution in [2.75, 3.05) is 12.0 Å². The highest BCUT2D eigenvalue weighted by atomic mass is 79.9. The minimum Gasteiger partial charge on any atom is -0.493 e. The number of carbonyl (C=O) groups is 2. The summed E-state index contributed by atoms with van der Waals surface area (Å²) < 4.78 is 12.0. The van der Waals surface area contributed by atoms with Crippen LogP contribution in [0.25, 0.3) is 6.08 Å². The maximum Gasteiger partial charge on any atom is 0.333 e. The molecule has 0 saturated carbocycles. The van der Waals surface area contributed by atoms with Gasteiger partial charge in [0, 0.05) is 10.6 Å². The summed E-state index contributed by atoms with van der Waals surface area (Å²) in [6.07, 6.45) is 1.55. The number of hydrogen-bond acceptors (Lipinski definition) is 5. The fourth-order valence-corrected chi connectivity index (χ4v) is 4.18. The van der Waals surface area contributed by atoms with Crippen molar-refractivity contribution in [2.24, 2.45) is 0 Å². The fraction of sp³-hybridized carbons (Fsp3) is 0.0800. The summed E-state index contributed by atoms with van der Waals surface area (Å²) >= 11 is 9.49. The van der Waals surface area contributed by atoms with Crippen molar-refractivity contribution in [3.63, 3.8) is 0 Å². The molecule has 0 radical (unpaired) electrons. The number of halogens is 2. The highest BCUT2D eigenvalue weighted by molar-refractivity contribution is 9.10. The third-order valence-electron chi connectivity index (χ3n) is 5.02. The van der Waals surface area contributed by atoms with E-state index in [-0.39, 0.29) is 12.3 Å². The van der Waals surface area contributed by atoms with Crippen LogP contribution in [0.1, 0.15) is 16.7 Å². The van der Waals surface area contributed by atoms with Crippen molar-refractivity contribution in [3.8, 4) is 17.6 Å². The molecule has 3 amide bonds. The van der Waals surface area contributed by atoms with Gasteiger partial charge in [0.25, 0.3) is 5.91 Å². The normalized spacial score (nSPS) is 14.2. The molecule has 9 heteroatoms. The van der Waals surface area contributed by atoms with E-state index in [1.165, 1.54) is 13.2 Å². The lowest BCUT2D eigenvalue weighted by atomic mass is 10.1. The quantitative estimate of drug-likeness (QED) is 0.323. The molecule has 0 aliphatic carbocycles. The van der Waals surface area contributed by atoms with Gasteiger partial charge in [-0.2, -0.15) is 5.26 Å². The van der Waals surface area contributed by atoms with Crippen LogP contribution < -0.4 is 19.7 Å². The number of imide groups is 1. The molecule has 7 nitrogen and oxygen atoms in total. The lowest BCUT2D eigenvalue weighted by Crippen LogP contribution is -2.30. The second-order valence-electron chi connectivity index (χ2n) is 7.20. The van der Waals surface area contributed by atoms with Crippen molar-refractivity contribution in [3.05, 3.63) is 92.5 Å². The van der Waals surface area contributed by atoms with E-state index >= 15 is 0 Å². The number of amides is 3. The lowest BCUT2D eigenvalue weighted by molar-refractivity contribution is -0.113. The second-order valence-corrected chi connectivity index (χ2v) is 8.49. The molecule has 1 N–H and O–H groups in total. The Hall–Kier alpha value is -3.80. The SMILES string of the molecule is COc1cc(/C=C2/NC(=O)N(c3cccc(Cl)c3)C2=O)cc(Br)c1OCc1ccccc1C#N. The third-order valence-corrected chi connectivity index (χ3v) is 5.84. The van der Waals surface area contributed by atoms with Gasteiger partial charge >= 0.3 is 6.03 Å². The molecule has 170 valence electrons. The van der Waals surface area contributed by atoms with Crippen molar-refractivity contribution < 1.29 is 19.1 Å². The smallest absolute Gasteiger partial charge is 0.333 e. The monoisotopic (exact) mass is 537 g/mol. The Balaban J connectivity index is 1.60. The topological polar surface area (TPSA) is 91.7 Å². The van der Waals surface area contributed by atoms with Crippen molar-refractivity contribution in [1.82, 2.24) is 5.32 Å². The van der Waals surface area contributed by atoms with Gasteiger partial charge in [-0.25, -0.2) is 9.69 Å². The maximum absolute atomic E-state index is 12.9. The van der Waals surface area contributed by atoms with Gasteiger partial charge in [0.2, 0.25) is 0 Å². The average Bonchev–Trinajstić information content (AvgIpc) is 3.10. The molecule has 1 aliphatic heterocycles. The Morgan fingerprint density at radius 3 is 2.68 bits per heavy atom. The summed E-state index contributed by atoms with van der Waals surface area (Å²) in [7, 11) is 1.50. The van der Waals surface area contributed by atoms with Crippen LogP contribution in [0.4, 0.5) is 10.5 Å². The summed E-state index contributed by atoms with van der Waals surface area (Å²) in [6, 6.07) is 18.6. The van der Waals surface area contributed by atoms with E-state index in [2.05, 4.69) is 27.3 Å². The van der Waals surface area contributed by atoms with Crippen LogP contribution in [-0.4, -0.2) is 19.0 Å². The Bertz CT molecular complexity index is 1370. The average molecular weight is 539 g/mol. The van der Waals surface area contributed by atoms with E-state index in [1.807, 2.05) is 12.1 Å². The van der Waals surface area contributed by atoms with E-state index in [0.29, 0.717) is 37.8 Å². The Kier molecular flexibility index (Phi) is 6.87. The minimum atomic E-state index is -0.569. The van der Waals surface area contributed by atoms with Gasteiger partial charge in [-0.3, -0.25) is 4.79 Å². The first-order chi connectivity index (χ1) is 16.4. The maximum atomic E-state index is 12.9. The molecule has 1 aliphatic rings. The molecule has 0 spiro atoms. The van der Waals surface area contributed by atoms with E-state index in [4.69, 9.17) is 21.1 Å². The molecule has 3 aromatic carbocycles. The largest absolute Gasteiger partial charge is 0.493 e. The molecule has 4 rings (SSSR count). The van der Waals surface area contributed by atoms with Crippen LogP contribution in [0.15, 0.2) is 70.8 Å². The van der Waals surface area contributed by atoms with Gasteiger partial charge in [-0.05, 0) is 64.0 Å². The Morgan fingerprint density at radius 1 is 1.15 bits per heavy atom. The lowest BCUT2D eigenvalue weighted by Gasteiger charge is -2.14. The molecule has 34 heavy (non-hydrogen) atoms. The highest BCUT2D eigenvalue weighted by Crippen LogP contribution is 2.38. The Labute approximate surface area is 209 Å². The predicted octanol–water partition coefficient (Wildman–Crippen LogP) is 5.66. The number of urea groups is 1. The summed E-state index contributed by atoms with van der Waals surface area (Å²) in [4.78, 5) is 26.4. The number of nitriles is 1. The molecular weight excluding hydrogens is 522 g/mol. The number of methoxy groups -OCH3 is 1. The third kappa shape index (κ3) is 4.76. The van der Waals surface area contributed by atoms with Gasteiger partial charge in [-0.15, -0.1) is 0 Å². The van der Waals surface area contributed by atoms with Crippen LogP contribution in [0.2, 0.25) is 5.02 Å². The number of hydrogen-bond donors (Lipinski definition) is 1. The van der Waals surface area contributed by atoms with Crippen molar-refractivity contribution in [2.45, 2.75) is 6.61 Å². The molecular formula is C25H17BrClN3O4. The molecule has 0 bridgehead atoms. The van der Waals surface area contributed by atoms with E-state index in [0.717, 1.165) is 10.5 Å². The second kappa shape index (κ2) is 10.00.